The van der Waals surface area contributed by atoms with E-state index in [1.165, 1.54) is 11.1 Å². The van der Waals surface area contributed by atoms with Crippen LogP contribution in [-0.4, -0.2) is 25.1 Å². The summed E-state index contributed by atoms with van der Waals surface area (Å²) in [4.78, 5) is 2.43. The third-order valence-corrected chi connectivity index (χ3v) is 4.50. The molecule has 0 radical (unpaired) electrons. The zero-order valence-electron chi connectivity index (χ0n) is 12.3. The Labute approximate surface area is 131 Å². The Bertz CT molecular complexity index is 596. The lowest BCUT2D eigenvalue weighted by molar-refractivity contribution is 0.254. The Morgan fingerprint density at radius 3 is 2.52 bits per heavy atom. The molecule has 0 aliphatic carbocycles. The second-order valence-electron chi connectivity index (χ2n) is 5.49. The molecule has 110 valence electrons. The minimum absolute atomic E-state index is 0.0150. The van der Waals surface area contributed by atoms with Crippen LogP contribution < -0.4 is 4.74 Å². The van der Waals surface area contributed by atoms with Gasteiger partial charge in [-0.05, 0) is 35.2 Å². The molecule has 21 heavy (non-hydrogen) atoms. The predicted octanol–water partition coefficient (Wildman–Crippen LogP) is 4.03. The van der Waals surface area contributed by atoms with Gasteiger partial charge in [-0.15, -0.1) is 11.6 Å². The molecule has 3 rings (SSSR count). The quantitative estimate of drug-likeness (QED) is 0.791. The average molecular weight is 302 g/mol. The maximum atomic E-state index is 6.58. The number of nitrogens with zero attached hydrogens (tertiary/aromatic N) is 1. The van der Waals surface area contributed by atoms with Crippen molar-refractivity contribution < 1.29 is 4.74 Å². The van der Waals surface area contributed by atoms with E-state index in [-0.39, 0.29) is 5.38 Å². The number of fused-ring (bicyclic) bond motifs is 1. The Morgan fingerprint density at radius 1 is 1.10 bits per heavy atom. The van der Waals surface area contributed by atoms with E-state index in [1.807, 2.05) is 24.3 Å². The third-order valence-electron chi connectivity index (χ3n) is 4.11. The molecule has 0 bridgehead atoms. The standard InChI is InChI=1S/C18H20ClNO/c1-21-17-8-6-15(7-9-17)18(19)13-20-11-10-14-4-2-3-5-16(14)12-20/h2-9,18H,10-13H2,1H3. The predicted molar refractivity (Wildman–Crippen MR) is 87.0 cm³/mol. The number of benzene rings is 2. The van der Waals surface area contributed by atoms with Crippen LogP contribution in [0.3, 0.4) is 0 Å². The van der Waals surface area contributed by atoms with Crippen molar-refractivity contribution in [2.24, 2.45) is 0 Å². The molecule has 2 nitrogen and oxygen atoms in total. The molecule has 0 aromatic heterocycles. The molecular formula is C18H20ClNO. The van der Waals surface area contributed by atoms with Gasteiger partial charge in [0.25, 0.3) is 0 Å². The highest BCUT2D eigenvalue weighted by atomic mass is 35.5. The van der Waals surface area contributed by atoms with Crippen LogP contribution in [0.2, 0.25) is 0 Å². The van der Waals surface area contributed by atoms with Crippen LogP contribution in [-0.2, 0) is 13.0 Å². The SMILES string of the molecule is COc1ccc(C(Cl)CN2CCc3ccccc3C2)cc1. The molecule has 1 aliphatic rings. The van der Waals surface area contributed by atoms with Gasteiger partial charge in [-0.3, -0.25) is 4.90 Å². The lowest BCUT2D eigenvalue weighted by Crippen LogP contribution is -2.32. The summed E-state index contributed by atoms with van der Waals surface area (Å²) in [5.74, 6) is 0.870. The van der Waals surface area contributed by atoms with Gasteiger partial charge in [-0.2, -0.15) is 0 Å². The first-order valence-electron chi connectivity index (χ1n) is 7.33. The molecular weight excluding hydrogens is 282 g/mol. The van der Waals surface area contributed by atoms with Gasteiger partial charge in [0.15, 0.2) is 0 Å². The van der Waals surface area contributed by atoms with Crippen LogP contribution in [0.25, 0.3) is 0 Å². The van der Waals surface area contributed by atoms with Crippen LogP contribution in [0.15, 0.2) is 48.5 Å². The summed E-state index contributed by atoms with van der Waals surface area (Å²) in [6.45, 7) is 2.95. The summed E-state index contributed by atoms with van der Waals surface area (Å²) >= 11 is 6.58. The molecule has 1 aliphatic heterocycles. The van der Waals surface area contributed by atoms with Crippen molar-refractivity contribution in [3.05, 3.63) is 65.2 Å². The molecule has 0 amide bonds. The summed E-state index contributed by atoms with van der Waals surface area (Å²) in [5, 5.41) is 0.0150. The van der Waals surface area contributed by atoms with Gasteiger partial charge in [0, 0.05) is 19.6 Å². The van der Waals surface area contributed by atoms with Crippen molar-refractivity contribution in [2.45, 2.75) is 18.3 Å². The first kappa shape index (κ1) is 14.4. The van der Waals surface area contributed by atoms with Crippen molar-refractivity contribution in [3.8, 4) is 5.75 Å². The number of hydrogen-bond donors (Lipinski definition) is 0. The molecule has 0 fully saturated rings. The van der Waals surface area contributed by atoms with E-state index in [9.17, 15) is 0 Å². The maximum absolute atomic E-state index is 6.58. The zero-order valence-corrected chi connectivity index (χ0v) is 13.0. The van der Waals surface area contributed by atoms with Crippen molar-refractivity contribution in [1.82, 2.24) is 4.90 Å². The highest BCUT2D eigenvalue weighted by Crippen LogP contribution is 2.26. The molecule has 0 saturated carbocycles. The number of methoxy groups -OCH3 is 1. The van der Waals surface area contributed by atoms with Crippen LogP contribution in [0.1, 0.15) is 22.1 Å². The monoisotopic (exact) mass is 301 g/mol. The largest absolute Gasteiger partial charge is 0.497 e. The van der Waals surface area contributed by atoms with E-state index in [1.54, 1.807) is 7.11 Å². The smallest absolute Gasteiger partial charge is 0.118 e. The van der Waals surface area contributed by atoms with E-state index in [0.29, 0.717) is 0 Å². The zero-order chi connectivity index (χ0) is 14.7. The Balaban J connectivity index is 1.64. The normalized spacial score (nSPS) is 16.3. The first-order valence-corrected chi connectivity index (χ1v) is 7.77. The molecule has 0 saturated heterocycles. The van der Waals surface area contributed by atoms with E-state index in [0.717, 1.165) is 37.4 Å². The Kier molecular flexibility index (Phi) is 4.47. The summed E-state index contributed by atoms with van der Waals surface area (Å²) in [6, 6.07) is 16.7. The fourth-order valence-corrected chi connectivity index (χ4v) is 3.20. The molecule has 1 heterocycles. The number of ether oxygens (including phenoxy) is 1. The number of rotatable bonds is 4. The van der Waals surface area contributed by atoms with Gasteiger partial charge in [0.1, 0.15) is 5.75 Å². The second kappa shape index (κ2) is 6.50. The van der Waals surface area contributed by atoms with Crippen molar-refractivity contribution >= 4 is 11.6 Å². The van der Waals surface area contributed by atoms with Gasteiger partial charge < -0.3 is 4.74 Å². The number of hydrogen-bond acceptors (Lipinski definition) is 2. The molecule has 1 unspecified atom stereocenters. The topological polar surface area (TPSA) is 12.5 Å². The van der Waals surface area contributed by atoms with Crippen LogP contribution in [0.5, 0.6) is 5.75 Å². The molecule has 1 atom stereocenters. The Morgan fingerprint density at radius 2 is 1.81 bits per heavy atom. The van der Waals surface area contributed by atoms with Crippen molar-refractivity contribution in [1.29, 1.82) is 0 Å². The summed E-state index contributed by atoms with van der Waals surface area (Å²) < 4.78 is 5.18. The lowest BCUT2D eigenvalue weighted by Gasteiger charge is -2.30. The maximum Gasteiger partial charge on any atom is 0.118 e. The van der Waals surface area contributed by atoms with Crippen LogP contribution in [0, 0.1) is 0 Å². The molecule has 3 heteroatoms. The minimum atomic E-state index is 0.0150. The van der Waals surface area contributed by atoms with Crippen molar-refractivity contribution in [2.75, 3.05) is 20.2 Å². The summed E-state index contributed by atoms with van der Waals surface area (Å²) in [6.07, 6.45) is 1.11. The van der Waals surface area contributed by atoms with Gasteiger partial charge in [-0.25, -0.2) is 0 Å². The van der Waals surface area contributed by atoms with Crippen LogP contribution >= 0.6 is 11.6 Å². The minimum Gasteiger partial charge on any atom is -0.497 e. The van der Waals surface area contributed by atoms with E-state index in [2.05, 4.69) is 29.2 Å². The first-order chi connectivity index (χ1) is 10.3. The van der Waals surface area contributed by atoms with Gasteiger partial charge in [-0.1, -0.05) is 36.4 Å². The summed E-state index contributed by atoms with van der Waals surface area (Å²) in [5.41, 5.74) is 4.06. The van der Waals surface area contributed by atoms with E-state index < -0.39 is 0 Å². The number of alkyl halides is 1. The molecule has 2 aromatic carbocycles. The Hall–Kier alpha value is -1.51. The highest BCUT2D eigenvalue weighted by Gasteiger charge is 2.19. The van der Waals surface area contributed by atoms with Crippen LogP contribution in [0.4, 0.5) is 0 Å². The van der Waals surface area contributed by atoms with Gasteiger partial charge in [0.05, 0.1) is 12.5 Å². The molecule has 0 spiro atoms. The highest BCUT2D eigenvalue weighted by molar-refractivity contribution is 6.21. The van der Waals surface area contributed by atoms with E-state index in [4.69, 9.17) is 16.3 Å². The average Bonchev–Trinajstić information content (AvgIpc) is 2.55. The summed E-state index contributed by atoms with van der Waals surface area (Å²) in [7, 11) is 1.68. The number of halogens is 1. The second-order valence-corrected chi connectivity index (χ2v) is 6.02. The van der Waals surface area contributed by atoms with Gasteiger partial charge in [0.2, 0.25) is 0 Å². The fraction of sp³-hybridized carbons (Fsp3) is 0.333. The van der Waals surface area contributed by atoms with Crippen molar-refractivity contribution in [3.63, 3.8) is 0 Å². The molecule has 2 aromatic rings. The van der Waals surface area contributed by atoms with Gasteiger partial charge >= 0.3 is 0 Å². The molecule has 0 N–H and O–H groups in total. The third kappa shape index (κ3) is 3.39. The van der Waals surface area contributed by atoms with E-state index >= 15 is 0 Å². The lowest BCUT2D eigenvalue weighted by atomic mass is 9.99. The fourth-order valence-electron chi connectivity index (χ4n) is 2.85.